The predicted molar refractivity (Wildman–Crippen MR) is 59.8 cm³/mol. The van der Waals surface area contributed by atoms with Crippen LogP contribution < -0.4 is 0 Å². The topological polar surface area (TPSA) is 28.7 Å². The van der Waals surface area contributed by atoms with Gasteiger partial charge in [-0.15, -0.1) is 0 Å². The molecule has 0 saturated heterocycles. The molecule has 5 heteroatoms. The Morgan fingerprint density at radius 1 is 1.27 bits per heavy atom. The van der Waals surface area contributed by atoms with Gasteiger partial charge >= 0.3 is 0 Å². The quantitative estimate of drug-likeness (QED) is 0.772. The van der Waals surface area contributed by atoms with Crippen molar-refractivity contribution >= 4 is 23.8 Å². The standard InChI is InChI=1S/C10H6ClFN2S/c11-7-1-6(2-8(12)3-7)9-4-10(15)14-5-13-9/h1-5H,(H,13,14,15). The summed E-state index contributed by atoms with van der Waals surface area (Å²) >= 11 is 10.7. The molecule has 76 valence electrons. The largest absolute Gasteiger partial charge is 0.346 e. The first-order valence-corrected chi connectivity index (χ1v) is 4.95. The third-order valence-electron chi connectivity index (χ3n) is 1.85. The summed E-state index contributed by atoms with van der Waals surface area (Å²) in [5.74, 6) is -0.381. The lowest BCUT2D eigenvalue weighted by Gasteiger charge is -2.02. The van der Waals surface area contributed by atoms with Gasteiger partial charge in [0, 0.05) is 16.3 Å². The second-order valence-electron chi connectivity index (χ2n) is 2.96. The van der Waals surface area contributed by atoms with Gasteiger partial charge in [-0.3, -0.25) is 0 Å². The van der Waals surface area contributed by atoms with Crippen molar-refractivity contribution in [2.75, 3.05) is 0 Å². The summed E-state index contributed by atoms with van der Waals surface area (Å²) in [7, 11) is 0. The van der Waals surface area contributed by atoms with Crippen LogP contribution in [0.5, 0.6) is 0 Å². The first-order valence-electron chi connectivity index (χ1n) is 4.16. The Balaban J connectivity index is 2.58. The van der Waals surface area contributed by atoms with E-state index < -0.39 is 0 Å². The molecule has 0 fully saturated rings. The smallest absolute Gasteiger partial charge is 0.130 e. The monoisotopic (exact) mass is 240 g/mol. The van der Waals surface area contributed by atoms with Gasteiger partial charge in [-0.1, -0.05) is 23.8 Å². The first kappa shape index (κ1) is 10.3. The molecular formula is C10H6ClFN2S. The molecule has 0 bridgehead atoms. The number of nitrogens with one attached hydrogen (secondary N) is 1. The van der Waals surface area contributed by atoms with Gasteiger partial charge in [-0.2, -0.15) is 0 Å². The molecule has 0 atom stereocenters. The zero-order valence-electron chi connectivity index (χ0n) is 7.50. The number of H-pyrrole nitrogens is 1. The Kier molecular flexibility index (Phi) is 2.79. The van der Waals surface area contributed by atoms with Crippen molar-refractivity contribution in [3.8, 4) is 11.3 Å². The van der Waals surface area contributed by atoms with Gasteiger partial charge in [0.15, 0.2) is 0 Å². The van der Waals surface area contributed by atoms with Crippen LogP contribution in [0.2, 0.25) is 5.02 Å². The second-order valence-corrected chi connectivity index (χ2v) is 3.81. The second kappa shape index (κ2) is 4.08. The van der Waals surface area contributed by atoms with E-state index in [4.69, 9.17) is 23.8 Å². The van der Waals surface area contributed by atoms with Gasteiger partial charge < -0.3 is 4.98 Å². The van der Waals surface area contributed by atoms with Crippen LogP contribution in [0.4, 0.5) is 4.39 Å². The number of hydrogen-bond donors (Lipinski definition) is 1. The van der Waals surface area contributed by atoms with Crippen LogP contribution in [0.1, 0.15) is 0 Å². The zero-order chi connectivity index (χ0) is 10.8. The molecule has 1 N–H and O–H groups in total. The maximum Gasteiger partial charge on any atom is 0.130 e. The van der Waals surface area contributed by atoms with E-state index in [2.05, 4.69) is 9.97 Å². The highest BCUT2D eigenvalue weighted by molar-refractivity contribution is 7.71. The van der Waals surface area contributed by atoms with Crippen molar-refractivity contribution in [1.82, 2.24) is 9.97 Å². The van der Waals surface area contributed by atoms with Gasteiger partial charge in [0.1, 0.15) is 10.5 Å². The Labute approximate surface area is 95.8 Å². The van der Waals surface area contributed by atoms with Crippen molar-refractivity contribution in [2.24, 2.45) is 0 Å². The van der Waals surface area contributed by atoms with Crippen LogP contribution in [0.3, 0.4) is 0 Å². The van der Waals surface area contributed by atoms with Crippen LogP contribution in [-0.4, -0.2) is 9.97 Å². The summed E-state index contributed by atoms with van der Waals surface area (Å²) in [6, 6.07) is 5.94. The number of nitrogens with zero attached hydrogens (tertiary/aromatic N) is 1. The van der Waals surface area contributed by atoms with Crippen molar-refractivity contribution in [1.29, 1.82) is 0 Å². The molecule has 1 heterocycles. The van der Waals surface area contributed by atoms with Crippen LogP contribution in [-0.2, 0) is 0 Å². The van der Waals surface area contributed by atoms with E-state index in [1.807, 2.05) is 0 Å². The van der Waals surface area contributed by atoms with E-state index in [1.165, 1.54) is 18.5 Å². The molecule has 0 spiro atoms. The minimum Gasteiger partial charge on any atom is -0.346 e. The zero-order valence-corrected chi connectivity index (χ0v) is 9.07. The van der Waals surface area contributed by atoms with Gasteiger partial charge in [0.2, 0.25) is 0 Å². The number of halogens is 2. The molecule has 1 aromatic heterocycles. The first-order chi connectivity index (χ1) is 7.15. The van der Waals surface area contributed by atoms with E-state index in [9.17, 15) is 4.39 Å². The lowest BCUT2D eigenvalue weighted by molar-refractivity contribution is 0.628. The summed E-state index contributed by atoms with van der Waals surface area (Å²) in [6.07, 6.45) is 1.47. The van der Waals surface area contributed by atoms with Gasteiger partial charge in [0.25, 0.3) is 0 Å². The fourth-order valence-corrected chi connectivity index (χ4v) is 1.64. The highest BCUT2D eigenvalue weighted by Gasteiger charge is 2.02. The maximum absolute atomic E-state index is 13.1. The lowest BCUT2D eigenvalue weighted by atomic mass is 10.1. The molecule has 0 aliphatic carbocycles. The fourth-order valence-electron chi connectivity index (χ4n) is 1.24. The summed E-state index contributed by atoms with van der Waals surface area (Å²) in [5.41, 5.74) is 1.34. The van der Waals surface area contributed by atoms with E-state index in [1.54, 1.807) is 12.1 Å². The van der Waals surface area contributed by atoms with Crippen LogP contribution in [0.25, 0.3) is 11.3 Å². The molecule has 0 aliphatic heterocycles. The van der Waals surface area contributed by atoms with Crippen molar-refractivity contribution in [3.05, 3.63) is 46.1 Å². The highest BCUT2D eigenvalue weighted by Crippen LogP contribution is 2.22. The molecule has 0 unspecified atom stereocenters. The number of hydrogen-bond acceptors (Lipinski definition) is 2. The van der Waals surface area contributed by atoms with E-state index in [0.717, 1.165) is 0 Å². The third kappa shape index (κ3) is 2.40. The summed E-state index contributed by atoms with van der Waals surface area (Å²) in [4.78, 5) is 6.72. The maximum atomic E-state index is 13.1. The SMILES string of the molecule is Fc1cc(Cl)cc(-c2cc(=S)nc[nH]2)c1. The van der Waals surface area contributed by atoms with Gasteiger partial charge in [0.05, 0.1) is 6.33 Å². The third-order valence-corrected chi connectivity index (χ3v) is 2.29. The number of aromatic nitrogens is 2. The summed E-state index contributed by atoms with van der Waals surface area (Å²) in [5, 5.41) is 0.348. The normalized spacial score (nSPS) is 10.3. The molecule has 2 aromatic rings. The average molecular weight is 241 g/mol. The van der Waals surface area contributed by atoms with Gasteiger partial charge in [-0.05, 0) is 24.3 Å². The Hall–Kier alpha value is -1.26. The van der Waals surface area contributed by atoms with Crippen LogP contribution in [0.15, 0.2) is 30.6 Å². The van der Waals surface area contributed by atoms with Crippen molar-refractivity contribution in [3.63, 3.8) is 0 Å². The molecule has 2 rings (SSSR count). The lowest BCUT2D eigenvalue weighted by Crippen LogP contribution is -1.86. The minimum atomic E-state index is -0.381. The molecule has 15 heavy (non-hydrogen) atoms. The molecule has 0 amide bonds. The van der Waals surface area contributed by atoms with E-state index in [-0.39, 0.29) is 5.82 Å². The van der Waals surface area contributed by atoms with E-state index >= 15 is 0 Å². The minimum absolute atomic E-state index is 0.348. The molecule has 0 radical (unpaired) electrons. The average Bonchev–Trinajstić information content (AvgIpc) is 2.16. The number of benzene rings is 1. The number of rotatable bonds is 1. The van der Waals surface area contributed by atoms with Crippen molar-refractivity contribution < 1.29 is 4.39 Å². The summed E-state index contributed by atoms with van der Waals surface area (Å²) in [6.45, 7) is 0. The van der Waals surface area contributed by atoms with Crippen LogP contribution in [0, 0.1) is 10.5 Å². The Morgan fingerprint density at radius 3 is 2.73 bits per heavy atom. The summed E-state index contributed by atoms with van der Waals surface area (Å²) < 4.78 is 13.5. The van der Waals surface area contributed by atoms with Crippen molar-refractivity contribution in [2.45, 2.75) is 0 Å². The molecular weight excluding hydrogens is 235 g/mol. The Morgan fingerprint density at radius 2 is 2.07 bits per heavy atom. The molecule has 0 saturated carbocycles. The predicted octanol–water partition coefficient (Wildman–Crippen LogP) is 3.60. The fraction of sp³-hybridized carbons (Fsp3) is 0. The molecule has 1 aromatic carbocycles. The highest BCUT2D eigenvalue weighted by atomic mass is 35.5. The van der Waals surface area contributed by atoms with E-state index in [0.29, 0.717) is 20.9 Å². The van der Waals surface area contributed by atoms with Gasteiger partial charge in [-0.25, -0.2) is 9.37 Å². The number of aromatic amines is 1. The Bertz CT molecular complexity index is 533. The molecule has 2 nitrogen and oxygen atoms in total. The van der Waals surface area contributed by atoms with Crippen LogP contribution >= 0.6 is 23.8 Å². The molecule has 0 aliphatic rings.